The standard InChI is InChI=1S/C25H24N2O5S/c1-4-17-12-13-22-20(14-17)19-8-5-6-11-23(19)33(30,31)27(22)15-24(28)26-21-10-7-9-18(16(21)2)25(29)32-3/h5-14H,4,15H2,1-3H3,(H,26,28). The molecule has 0 aromatic heterocycles. The molecule has 7 nitrogen and oxygen atoms in total. The quantitative estimate of drug-likeness (QED) is 0.573. The summed E-state index contributed by atoms with van der Waals surface area (Å²) in [5.41, 5.74) is 4.21. The van der Waals surface area contributed by atoms with E-state index in [2.05, 4.69) is 5.32 Å². The second kappa shape index (κ2) is 8.71. The molecule has 0 fully saturated rings. The molecule has 0 saturated heterocycles. The molecular formula is C25H24N2O5S. The van der Waals surface area contributed by atoms with Crippen molar-refractivity contribution in [3.8, 4) is 11.1 Å². The van der Waals surface area contributed by atoms with Crippen molar-refractivity contribution in [1.82, 2.24) is 0 Å². The second-order valence-electron chi connectivity index (χ2n) is 7.73. The molecule has 4 rings (SSSR count). The number of benzene rings is 3. The van der Waals surface area contributed by atoms with Gasteiger partial charge in [-0.1, -0.05) is 37.3 Å². The Morgan fingerprint density at radius 3 is 2.48 bits per heavy atom. The number of carbonyl (C=O) groups excluding carboxylic acids is 2. The summed E-state index contributed by atoms with van der Waals surface area (Å²) in [4.78, 5) is 25.1. The number of ether oxygens (including phenoxy) is 1. The zero-order chi connectivity index (χ0) is 23.8. The van der Waals surface area contributed by atoms with E-state index in [-0.39, 0.29) is 4.90 Å². The Bertz CT molecular complexity index is 1360. The highest BCUT2D eigenvalue weighted by molar-refractivity contribution is 7.93. The predicted molar refractivity (Wildman–Crippen MR) is 127 cm³/mol. The van der Waals surface area contributed by atoms with E-state index in [1.54, 1.807) is 55.5 Å². The lowest BCUT2D eigenvalue weighted by molar-refractivity contribution is -0.114. The van der Waals surface area contributed by atoms with E-state index in [1.165, 1.54) is 7.11 Å². The molecule has 1 amide bonds. The van der Waals surface area contributed by atoms with Gasteiger partial charge in [-0.2, -0.15) is 0 Å². The third-order valence-electron chi connectivity index (χ3n) is 5.78. The monoisotopic (exact) mass is 464 g/mol. The number of esters is 1. The van der Waals surface area contributed by atoms with Crippen molar-refractivity contribution in [3.63, 3.8) is 0 Å². The van der Waals surface area contributed by atoms with Gasteiger partial charge in [-0.05, 0) is 54.8 Å². The highest BCUT2D eigenvalue weighted by Crippen LogP contribution is 2.43. The summed E-state index contributed by atoms with van der Waals surface area (Å²) in [7, 11) is -2.66. The first kappa shape index (κ1) is 22.5. The molecule has 1 aliphatic rings. The smallest absolute Gasteiger partial charge is 0.338 e. The predicted octanol–water partition coefficient (Wildman–Crippen LogP) is 4.16. The molecule has 0 atom stereocenters. The number of nitrogens with zero attached hydrogens (tertiary/aromatic N) is 1. The maximum atomic E-state index is 13.4. The van der Waals surface area contributed by atoms with Crippen LogP contribution >= 0.6 is 0 Å². The Balaban J connectivity index is 1.70. The summed E-state index contributed by atoms with van der Waals surface area (Å²) in [5.74, 6) is -1.03. The van der Waals surface area contributed by atoms with Crippen LogP contribution in [0.5, 0.6) is 0 Å². The molecule has 170 valence electrons. The van der Waals surface area contributed by atoms with Gasteiger partial charge in [0.2, 0.25) is 5.91 Å². The fraction of sp³-hybridized carbons (Fsp3) is 0.200. The van der Waals surface area contributed by atoms with Crippen molar-refractivity contribution >= 4 is 33.3 Å². The highest BCUT2D eigenvalue weighted by atomic mass is 32.2. The van der Waals surface area contributed by atoms with Crippen molar-refractivity contribution < 1.29 is 22.7 Å². The van der Waals surface area contributed by atoms with Crippen LogP contribution in [0.1, 0.15) is 28.4 Å². The Kier molecular flexibility index (Phi) is 5.95. The summed E-state index contributed by atoms with van der Waals surface area (Å²) in [6, 6.07) is 17.3. The van der Waals surface area contributed by atoms with Crippen LogP contribution < -0.4 is 9.62 Å². The minimum Gasteiger partial charge on any atom is -0.465 e. The summed E-state index contributed by atoms with van der Waals surface area (Å²) in [6.07, 6.45) is 0.804. The number of methoxy groups -OCH3 is 1. The molecule has 33 heavy (non-hydrogen) atoms. The van der Waals surface area contributed by atoms with Crippen LogP contribution in [0, 0.1) is 6.92 Å². The number of sulfonamides is 1. The minimum absolute atomic E-state index is 0.169. The molecule has 1 N–H and O–H groups in total. The zero-order valence-corrected chi connectivity index (χ0v) is 19.4. The van der Waals surface area contributed by atoms with E-state index in [9.17, 15) is 18.0 Å². The van der Waals surface area contributed by atoms with Gasteiger partial charge in [0.15, 0.2) is 0 Å². The number of carbonyl (C=O) groups is 2. The van der Waals surface area contributed by atoms with Gasteiger partial charge < -0.3 is 10.1 Å². The number of rotatable bonds is 5. The number of amides is 1. The summed E-state index contributed by atoms with van der Waals surface area (Å²) < 4.78 is 32.8. The lowest BCUT2D eigenvalue weighted by Gasteiger charge is -2.32. The highest BCUT2D eigenvalue weighted by Gasteiger charge is 2.36. The van der Waals surface area contributed by atoms with Crippen molar-refractivity contribution in [2.75, 3.05) is 23.3 Å². The van der Waals surface area contributed by atoms with E-state index >= 15 is 0 Å². The van der Waals surface area contributed by atoms with Crippen molar-refractivity contribution in [2.45, 2.75) is 25.2 Å². The molecule has 3 aromatic rings. The van der Waals surface area contributed by atoms with Gasteiger partial charge in [0.05, 0.1) is 23.3 Å². The number of nitrogens with one attached hydrogen (secondary N) is 1. The molecule has 1 heterocycles. The van der Waals surface area contributed by atoms with E-state index in [1.807, 2.05) is 19.1 Å². The van der Waals surface area contributed by atoms with Gasteiger partial charge in [-0.3, -0.25) is 9.10 Å². The average Bonchev–Trinajstić information content (AvgIpc) is 2.82. The van der Waals surface area contributed by atoms with Crippen LogP contribution in [-0.4, -0.2) is 33.9 Å². The van der Waals surface area contributed by atoms with Crippen LogP contribution in [0.25, 0.3) is 11.1 Å². The van der Waals surface area contributed by atoms with E-state index in [0.29, 0.717) is 28.1 Å². The van der Waals surface area contributed by atoms with Crippen LogP contribution in [-0.2, 0) is 26.0 Å². The summed E-state index contributed by atoms with van der Waals surface area (Å²) in [6.45, 7) is 3.32. The Morgan fingerprint density at radius 2 is 1.76 bits per heavy atom. The lowest BCUT2D eigenvalue weighted by Crippen LogP contribution is -2.40. The van der Waals surface area contributed by atoms with Gasteiger partial charge in [0.25, 0.3) is 10.0 Å². The molecule has 0 bridgehead atoms. The topological polar surface area (TPSA) is 92.8 Å². The number of hydrogen-bond acceptors (Lipinski definition) is 5. The van der Waals surface area contributed by atoms with Crippen molar-refractivity contribution in [1.29, 1.82) is 0 Å². The van der Waals surface area contributed by atoms with E-state index in [4.69, 9.17) is 4.74 Å². The number of fused-ring (bicyclic) bond motifs is 3. The van der Waals surface area contributed by atoms with Crippen molar-refractivity contribution in [3.05, 3.63) is 77.4 Å². The SMILES string of the molecule is CCc1ccc2c(c1)-c1ccccc1S(=O)(=O)N2CC(=O)Nc1cccc(C(=O)OC)c1C. The zero-order valence-electron chi connectivity index (χ0n) is 18.6. The van der Waals surface area contributed by atoms with Gasteiger partial charge >= 0.3 is 5.97 Å². The normalized spacial score (nSPS) is 13.6. The van der Waals surface area contributed by atoms with Crippen LogP contribution in [0.2, 0.25) is 0 Å². The number of anilines is 2. The van der Waals surface area contributed by atoms with Gasteiger partial charge in [0.1, 0.15) is 6.54 Å². The third-order valence-corrected chi connectivity index (χ3v) is 7.60. The Morgan fingerprint density at radius 1 is 1.00 bits per heavy atom. The third kappa shape index (κ3) is 3.98. The van der Waals surface area contributed by atoms with Gasteiger partial charge in [-0.25, -0.2) is 13.2 Å². The fourth-order valence-electron chi connectivity index (χ4n) is 3.99. The minimum atomic E-state index is -3.94. The van der Waals surface area contributed by atoms with Crippen LogP contribution in [0.4, 0.5) is 11.4 Å². The molecule has 0 unspecified atom stereocenters. The van der Waals surface area contributed by atoms with E-state index in [0.717, 1.165) is 21.9 Å². The average molecular weight is 465 g/mol. The van der Waals surface area contributed by atoms with Gasteiger partial charge in [0, 0.05) is 16.8 Å². The first-order chi connectivity index (χ1) is 15.8. The summed E-state index contributed by atoms with van der Waals surface area (Å²) in [5, 5.41) is 2.74. The molecule has 0 radical (unpaired) electrons. The first-order valence-corrected chi connectivity index (χ1v) is 11.9. The maximum absolute atomic E-state index is 13.4. The van der Waals surface area contributed by atoms with Crippen LogP contribution in [0.15, 0.2) is 65.6 Å². The number of hydrogen-bond donors (Lipinski definition) is 1. The molecule has 0 aliphatic carbocycles. The van der Waals surface area contributed by atoms with Crippen LogP contribution in [0.3, 0.4) is 0 Å². The second-order valence-corrected chi connectivity index (χ2v) is 9.56. The fourth-order valence-corrected chi connectivity index (χ4v) is 5.64. The molecule has 1 aliphatic heterocycles. The largest absolute Gasteiger partial charge is 0.465 e. The summed E-state index contributed by atoms with van der Waals surface area (Å²) >= 11 is 0. The maximum Gasteiger partial charge on any atom is 0.338 e. The molecule has 8 heteroatoms. The first-order valence-electron chi connectivity index (χ1n) is 10.5. The van der Waals surface area contributed by atoms with Crippen molar-refractivity contribution in [2.24, 2.45) is 0 Å². The molecule has 3 aromatic carbocycles. The Labute approximate surface area is 193 Å². The van der Waals surface area contributed by atoms with E-state index < -0.39 is 28.4 Å². The molecule has 0 spiro atoms. The number of aryl methyl sites for hydroxylation is 1. The molecule has 0 saturated carbocycles. The lowest BCUT2D eigenvalue weighted by atomic mass is 9.99. The van der Waals surface area contributed by atoms with Gasteiger partial charge in [-0.15, -0.1) is 0 Å². The Hall–Kier alpha value is -3.65. The molecular weight excluding hydrogens is 440 g/mol.